The zero-order valence-corrected chi connectivity index (χ0v) is 12.6. The average Bonchev–Trinajstić information content (AvgIpc) is 2.41. The number of nitrogens with one attached hydrogen (secondary N) is 1. The number of urea groups is 1. The van der Waals surface area contributed by atoms with Crippen LogP contribution in [-0.2, 0) is 0 Å². The fourth-order valence-corrected chi connectivity index (χ4v) is 2.55. The van der Waals surface area contributed by atoms with E-state index in [0.29, 0.717) is 18.8 Å². The van der Waals surface area contributed by atoms with Gasteiger partial charge in [0.25, 0.3) is 0 Å². The predicted octanol–water partition coefficient (Wildman–Crippen LogP) is 4.37. The van der Waals surface area contributed by atoms with Crippen molar-refractivity contribution in [3.8, 4) is 5.75 Å². The first-order valence-electron chi connectivity index (χ1n) is 6.46. The molecule has 116 valence electrons. The van der Waals surface area contributed by atoms with E-state index < -0.39 is 6.36 Å². The molecule has 0 atom stereocenters. The number of carbonyl (C=O) groups is 1. The van der Waals surface area contributed by atoms with Crippen molar-refractivity contribution in [3.63, 3.8) is 0 Å². The van der Waals surface area contributed by atoms with Crippen LogP contribution in [0.2, 0.25) is 0 Å². The first kappa shape index (κ1) is 15.9. The minimum atomic E-state index is -4.75. The number of halogens is 4. The lowest BCUT2D eigenvalue weighted by atomic mass is 10.1. The number of ether oxygens (including phenoxy) is 1. The van der Waals surface area contributed by atoms with Crippen LogP contribution in [0, 0.1) is 0 Å². The van der Waals surface area contributed by atoms with E-state index in [1.54, 1.807) is 4.90 Å². The van der Waals surface area contributed by atoms with E-state index in [9.17, 15) is 18.0 Å². The third-order valence-electron chi connectivity index (χ3n) is 3.05. The van der Waals surface area contributed by atoms with Crippen molar-refractivity contribution in [2.45, 2.75) is 25.6 Å². The fourth-order valence-electron chi connectivity index (χ4n) is 2.09. The summed E-state index contributed by atoms with van der Waals surface area (Å²) in [5, 5.41) is 2.66. The molecular weight excluding hydrogens is 353 g/mol. The molecule has 2 amide bonds. The molecule has 21 heavy (non-hydrogen) atoms. The Morgan fingerprint density at radius 1 is 1.24 bits per heavy atom. The van der Waals surface area contributed by atoms with Crippen molar-refractivity contribution >= 4 is 27.6 Å². The summed E-state index contributed by atoms with van der Waals surface area (Å²) in [6.45, 7) is 1.39. The summed E-state index contributed by atoms with van der Waals surface area (Å²) in [4.78, 5) is 13.7. The van der Waals surface area contributed by atoms with Crippen LogP contribution in [0.25, 0.3) is 0 Å². The second-order valence-electron chi connectivity index (χ2n) is 4.67. The molecule has 0 bridgehead atoms. The zero-order chi connectivity index (χ0) is 15.5. The summed E-state index contributed by atoms with van der Waals surface area (Å²) < 4.78 is 40.4. The van der Waals surface area contributed by atoms with Crippen molar-refractivity contribution in [2.75, 3.05) is 18.4 Å². The minimum absolute atomic E-state index is 0.122. The summed E-state index contributed by atoms with van der Waals surface area (Å²) in [5.74, 6) is -0.349. The Morgan fingerprint density at radius 3 is 2.48 bits per heavy atom. The van der Waals surface area contributed by atoms with Gasteiger partial charge >= 0.3 is 12.4 Å². The van der Waals surface area contributed by atoms with Crippen LogP contribution in [0.1, 0.15) is 19.3 Å². The summed E-state index contributed by atoms with van der Waals surface area (Å²) in [5.41, 5.74) is 0.409. The Kier molecular flexibility index (Phi) is 4.97. The van der Waals surface area contributed by atoms with Gasteiger partial charge in [0, 0.05) is 18.8 Å². The molecule has 4 nitrogen and oxygen atoms in total. The molecule has 1 saturated heterocycles. The average molecular weight is 367 g/mol. The van der Waals surface area contributed by atoms with Gasteiger partial charge in [-0.2, -0.15) is 0 Å². The first-order valence-corrected chi connectivity index (χ1v) is 7.26. The van der Waals surface area contributed by atoms with Gasteiger partial charge in [-0.1, -0.05) is 0 Å². The van der Waals surface area contributed by atoms with E-state index in [1.165, 1.54) is 12.1 Å². The van der Waals surface area contributed by atoms with Gasteiger partial charge in [-0.15, -0.1) is 13.2 Å². The highest BCUT2D eigenvalue weighted by molar-refractivity contribution is 9.10. The number of piperidine rings is 1. The summed E-state index contributed by atoms with van der Waals surface area (Å²) in [7, 11) is 0. The molecule has 0 aliphatic carbocycles. The number of amides is 2. The molecule has 1 heterocycles. The zero-order valence-electron chi connectivity index (χ0n) is 11.0. The van der Waals surface area contributed by atoms with Gasteiger partial charge in [0.05, 0.1) is 4.47 Å². The van der Waals surface area contributed by atoms with Crippen molar-refractivity contribution < 1.29 is 22.7 Å². The van der Waals surface area contributed by atoms with Gasteiger partial charge in [0.15, 0.2) is 0 Å². The summed E-state index contributed by atoms with van der Waals surface area (Å²) in [6.07, 6.45) is -1.70. The SMILES string of the molecule is O=C(Nc1ccc(OC(F)(F)F)c(Br)c1)N1CCCCC1. The van der Waals surface area contributed by atoms with Crippen molar-refractivity contribution in [1.29, 1.82) is 0 Å². The molecule has 1 fully saturated rings. The van der Waals surface area contributed by atoms with E-state index in [0.717, 1.165) is 25.3 Å². The van der Waals surface area contributed by atoms with Crippen molar-refractivity contribution in [3.05, 3.63) is 22.7 Å². The van der Waals surface area contributed by atoms with Gasteiger partial charge in [0.1, 0.15) is 5.75 Å². The van der Waals surface area contributed by atoms with Crippen LogP contribution >= 0.6 is 15.9 Å². The molecule has 0 unspecified atom stereocenters. The second kappa shape index (κ2) is 6.55. The maximum atomic E-state index is 12.2. The number of alkyl halides is 3. The Labute approximate surface area is 128 Å². The highest BCUT2D eigenvalue weighted by Gasteiger charge is 2.32. The Bertz CT molecular complexity index is 517. The summed E-state index contributed by atoms with van der Waals surface area (Å²) >= 11 is 3.00. The van der Waals surface area contributed by atoms with Crippen LogP contribution in [0.5, 0.6) is 5.75 Å². The van der Waals surface area contributed by atoms with Gasteiger partial charge in [0.2, 0.25) is 0 Å². The Hall–Kier alpha value is -1.44. The number of likely N-dealkylation sites (tertiary alicyclic amines) is 1. The summed E-state index contributed by atoms with van der Waals surface area (Å²) in [6, 6.07) is 3.66. The van der Waals surface area contributed by atoms with E-state index in [2.05, 4.69) is 26.0 Å². The smallest absolute Gasteiger partial charge is 0.405 e. The van der Waals surface area contributed by atoms with Crippen LogP contribution < -0.4 is 10.1 Å². The molecule has 1 aromatic carbocycles. The quantitative estimate of drug-likeness (QED) is 0.844. The lowest BCUT2D eigenvalue weighted by Gasteiger charge is -2.26. The normalized spacial score (nSPS) is 15.7. The number of hydrogen-bond donors (Lipinski definition) is 1. The lowest BCUT2D eigenvalue weighted by molar-refractivity contribution is -0.274. The molecule has 0 spiro atoms. The standard InChI is InChI=1S/C13H14BrF3N2O2/c14-10-8-9(4-5-11(10)21-13(15,16)17)18-12(20)19-6-2-1-3-7-19/h4-5,8H,1-3,6-7H2,(H,18,20). The van der Waals surface area contributed by atoms with Crippen molar-refractivity contribution in [2.24, 2.45) is 0 Å². The van der Waals surface area contributed by atoms with Crippen molar-refractivity contribution in [1.82, 2.24) is 4.90 Å². The number of nitrogens with zero attached hydrogens (tertiary/aromatic N) is 1. The molecule has 1 N–H and O–H groups in total. The molecule has 0 radical (unpaired) electrons. The lowest BCUT2D eigenvalue weighted by Crippen LogP contribution is -2.38. The van der Waals surface area contributed by atoms with E-state index >= 15 is 0 Å². The predicted molar refractivity (Wildman–Crippen MR) is 75.3 cm³/mol. The maximum Gasteiger partial charge on any atom is 0.573 e. The third-order valence-corrected chi connectivity index (χ3v) is 3.67. The monoisotopic (exact) mass is 366 g/mol. The van der Waals surface area contributed by atoms with E-state index in [4.69, 9.17) is 0 Å². The molecule has 2 rings (SSSR count). The minimum Gasteiger partial charge on any atom is -0.405 e. The molecule has 0 aromatic heterocycles. The third kappa shape index (κ3) is 4.80. The molecule has 1 aromatic rings. The van der Waals surface area contributed by atoms with Crippen LogP contribution in [-0.4, -0.2) is 30.4 Å². The van der Waals surface area contributed by atoms with Crippen LogP contribution in [0.15, 0.2) is 22.7 Å². The van der Waals surface area contributed by atoms with Gasteiger partial charge in [-0.05, 0) is 53.4 Å². The highest BCUT2D eigenvalue weighted by Crippen LogP contribution is 2.32. The van der Waals surface area contributed by atoms with E-state index in [-0.39, 0.29) is 16.3 Å². The van der Waals surface area contributed by atoms with E-state index in [1.807, 2.05) is 0 Å². The number of carbonyl (C=O) groups excluding carboxylic acids is 1. The molecule has 8 heteroatoms. The van der Waals surface area contributed by atoms with Gasteiger partial charge < -0.3 is 15.0 Å². The number of anilines is 1. The highest BCUT2D eigenvalue weighted by atomic mass is 79.9. The van der Waals surface area contributed by atoms with Gasteiger partial charge in [-0.3, -0.25) is 0 Å². The molecule has 1 aliphatic rings. The van der Waals surface area contributed by atoms with Crippen LogP contribution in [0.4, 0.5) is 23.7 Å². The molecule has 0 saturated carbocycles. The first-order chi connectivity index (χ1) is 9.85. The fraction of sp³-hybridized carbons (Fsp3) is 0.462. The largest absolute Gasteiger partial charge is 0.573 e. The number of benzene rings is 1. The molecular formula is C13H14BrF3N2O2. The Morgan fingerprint density at radius 2 is 1.90 bits per heavy atom. The number of rotatable bonds is 2. The second-order valence-corrected chi connectivity index (χ2v) is 5.53. The van der Waals surface area contributed by atoms with Gasteiger partial charge in [-0.25, -0.2) is 4.79 Å². The Balaban J connectivity index is 2.01. The molecule has 1 aliphatic heterocycles. The van der Waals surface area contributed by atoms with Crippen LogP contribution in [0.3, 0.4) is 0 Å². The maximum absolute atomic E-state index is 12.2. The topological polar surface area (TPSA) is 41.6 Å². The number of hydrogen-bond acceptors (Lipinski definition) is 2.